The Labute approximate surface area is 264 Å². The van der Waals surface area contributed by atoms with Gasteiger partial charge in [-0.2, -0.15) is 0 Å². The molecule has 0 aromatic rings. The van der Waals surface area contributed by atoms with Gasteiger partial charge >= 0.3 is 0 Å². The van der Waals surface area contributed by atoms with Crippen LogP contribution in [-0.4, -0.2) is 51.1 Å². The number of fused-ring (bicyclic) bond motifs is 3. The first-order valence-corrected chi connectivity index (χ1v) is 18.4. The number of hydrogen-bond acceptors (Lipinski definition) is 5. The fourth-order valence-electron chi connectivity index (χ4n) is 13.2. The molecule has 0 aliphatic heterocycles. The quantitative estimate of drug-likeness (QED) is 0.227. The zero-order valence-electron chi connectivity index (χ0n) is 29.1. The molecule has 250 valence electrons. The summed E-state index contributed by atoms with van der Waals surface area (Å²) in [5, 5.41) is 46.3. The average Bonchev–Trinajstić information content (AvgIpc) is 2.90. The van der Waals surface area contributed by atoms with Crippen LogP contribution in [0.4, 0.5) is 0 Å². The van der Waals surface area contributed by atoms with E-state index in [0.717, 1.165) is 38.5 Å². The van der Waals surface area contributed by atoms with Crippen LogP contribution >= 0.6 is 0 Å². The van der Waals surface area contributed by atoms with E-state index in [0.29, 0.717) is 36.0 Å². The Morgan fingerprint density at radius 2 is 1.56 bits per heavy atom. The van der Waals surface area contributed by atoms with E-state index in [4.69, 9.17) is 4.74 Å². The van der Waals surface area contributed by atoms with Gasteiger partial charge in [-0.25, -0.2) is 0 Å². The summed E-state index contributed by atoms with van der Waals surface area (Å²) in [6.45, 7) is 20.7. The van der Waals surface area contributed by atoms with Crippen molar-refractivity contribution in [2.75, 3.05) is 0 Å². The SMILES string of the molecule is CC(C)C1CC(CCC(O)OC2CCCCC2)C(C)C2C(O)C3C(C)C4(C)C(O)C(C(C)O)C(C)CC4(C)CC3(C)CC12. The third kappa shape index (κ3) is 5.70. The molecule has 0 saturated heterocycles. The lowest BCUT2D eigenvalue weighted by molar-refractivity contribution is -0.281. The maximum Gasteiger partial charge on any atom is 0.154 e. The monoisotopic (exact) mass is 605 g/mol. The first kappa shape index (κ1) is 34.1. The second-order valence-corrected chi connectivity index (χ2v) is 18.1. The lowest BCUT2D eigenvalue weighted by Gasteiger charge is -2.72. The molecular formula is C38H68O5. The van der Waals surface area contributed by atoms with E-state index in [2.05, 4.69) is 55.4 Å². The minimum absolute atomic E-state index is 0.0229. The van der Waals surface area contributed by atoms with Crippen LogP contribution in [0.15, 0.2) is 0 Å². The molecule has 0 bridgehead atoms. The molecule has 5 aliphatic rings. The Bertz CT molecular complexity index is 947. The molecule has 5 saturated carbocycles. The lowest BCUT2D eigenvalue weighted by atomic mass is 9.33. The van der Waals surface area contributed by atoms with Crippen LogP contribution in [0.25, 0.3) is 0 Å². The van der Waals surface area contributed by atoms with Crippen molar-refractivity contribution in [2.24, 2.45) is 75.4 Å². The molecule has 5 heteroatoms. The van der Waals surface area contributed by atoms with Crippen LogP contribution in [-0.2, 0) is 4.74 Å². The fraction of sp³-hybridized carbons (Fsp3) is 1.00. The van der Waals surface area contributed by atoms with Gasteiger partial charge in [0.05, 0.1) is 24.4 Å². The Morgan fingerprint density at radius 1 is 0.907 bits per heavy atom. The summed E-state index contributed by atoms with van der Waals surface area (Å²) < 4.78 is 6.10. The van der Waals surface area contributed by atoms with Gasteiger partial charge in [-0.05, 0) is 122 Å². The van der Waals surface area contributed by atoms with E-state index in [9.17, 15) is 20.4 Å². The van der Waals surface area contributed by atoms with Gasteiger partial charge in [-0.1, -0.05) is 74.7 Å². The van der Waals surface area contributed by atoms with E-state index in [1.165, 1.54) is 25.7 Å². The predicted molar refractivity (Wildman–Crippen MR) is 173 cm³/mol. The van der Waals surface area contributed by atoms with E-state index in [-0.39, 0.29) is 51.9 Å². The Balaban J connectivity index is 1.40. The van der Waals surface area contributed by atoms with Crippen molar-refractivity contribution in [2.45, 2.75) is 164 Å². The zero-order valence-corrected chi connectivity index (χ0v) is 29.1. The van der Waals surface area contributed by atoms with Crippen molar-refractivity contribution in [1.29, 1.82) is 0 Å². The Kier molecular flexibility index (Phi) is 9.87. The highest BCUT2D eigenvalue weighted by Crippen LogP contribution is 2.73. The van der Waals surface area contributed by atoms with Crippen LogP contribution < -0.4 is 0 Å². The molecule has 0 aromatic carbocycles. The van der Waals surface area contributed by atoms with Crippen molar-refractivity contribution in [3.05, 3.63) is 0 Å². The van der Waals surface area contributed by atoms with E-state index < -0.39 is 24.6 Å². The molecule has 5 rings (SSSR count). The minimum Gasteiger partial charge on any atom is -0.393 e. The number of hydrogen-bond donors (Lipinski definition) is 4. The van der Waals surface area contributed by atoms with Gasteiger partial charge in [-0.15, -0.1) is 0 Å². The molecule has 5 aliphatic carbocycles. The normalized spacial score (nSPS) is 52.2. The number of rotatable bonds is 7. The van der Waals surface area contributed by atoms with E-state index >= 15 is 0 Å². The molecule has 5 nitrogen and oxygen atoms in total. The highest BCUT2D eigenvalue weighted by atomic mass is 16.6. The summed E-state index contributed by atoms with van der Waals surface area (Å²) in [4.78, 5) is 0. The number of aliphatic hydroxyl groups is 4. The third-order valence-corrected chi connectivity index (χ3v) is 15.3. The van der Waals surface area contributed by atoms with Gasteiger partial charge in [0.2, 0.25) is 0 Å². The van der Waals surface area contributed by atoms with Crippen molar-refractivity contribution >= 4 is 0 Å². The lowest BCUT2D eigenvalue weighted by Crippen LogP contribution is -2.70. The first-order valence-electron chi connectivity index (χ1n) is 18.4. The van der Waals surface area contributed by atoms with Crippen LogP contribution in [0.5, 0.6) is 0 Å². The van der Waals surface area contributed by atoms with Crippen LogP contribution in [0, 0.1) is 75.4 Å². The van der Waals surface area contributed by atoms with Gasteiger partial charge in [0.15, 0.2) is 6.29 Å². The van der Waals surface area contributed by atoms with Crippen LogP contribution in [0.3, 0.4) is 0 Å². The van der Waals surface area contributed by atoms with Crippen molar-refractivity contribution < 1.29 is 25.2 Å². The van der Waals surface area contributed by atoms with Crippen molar-refractivity contribution in [1.82, 2.24) is 0 Å². The van der Waals surface area contributed by atoms with Gasteiger partial charge in [-0.3, -0.25) is 0 Å². The molecule has 4 N–H and O–H groups in total. The molecule has 5 fully saturated rings. The predicted octanol–water partition coefficient (Wildman–Crippen LogP) is 7.43. The second kappa shape index (κ2) is 12.4. The van der Waals surface area contributed by atoms with E-state index in [1.807, 2.05) is 6.92 Å². The van der Waals surface area contributed by atoms with Crippen molar-refractivity contribution in [3.63, 3.8) is 0 Å². The second-order valence-electron chi connectivity index (χ2n) is 18.1. The summed E-state index contributed by atoms with van der Waals surface area (Å²) >= 11 is 0. The molecule has 0 aromatic heterocycles. The summed E-state index contributed by atoms with van der Waals surface area (Å²) in [5.41, 5.74) is -0.386. The summed E-state index contributed by atoms with van der Waals surface area (Å²) in [7, 11) is 0. The minimum atomic E-state index is -0.682. The first-order chi connectivity index (χ1) is 20.1. The molecule has 0 spiro atoms. The molecule has 16 unspecified atom stereocenters. The summed E-state index contributed by atoms with van der Waals surface area (Å²) in [5.74, 6) is 3.12. The van der Waals surface area contributed by atoms with Gasteiger partial charge in [0, 0.05) is 11.3 Å². The topological polar surface area (TPSA) is 90.2 Å². The van der Waals surface area contributed by atoms with Gasteiger partial charge < -0.3 is 25.2 Å². The number of aliphatic hydroxyl groups excluding tert-OH is 4. The molecule has 0 radical (unpaired) electrons. The summed E-state index contributed by atoms with van der Waals surface area (Å²) in [6.07, 6.45) is 9.87. The maximum atomic E-state index is 12.6. The maximum absolute atomic E-state index is 12.6. The van der Waals surface area contributed by atoms with Crippen LogP contribution in [0.2, 0.25) is 0 Å². The Morgan fingerprint density at radius 3 is 2.16 bits per heavy atom. The highest BCUT2D eigenvalue weighted by Gasteiger charge is 2.70. The summed E-state index contributed by atoms with van der Waals surface area (Å²) in [6, 6.07) is 0. The van der Waals surface area contributed by atoms with Gasteiger partial charge in [0.25, 0.3) is 0 Å². The van der Waals surface area contributed by atoms with Crippen LogP contribution in [0.1, 0.15) is 133 Å². The Hall–Kier alpha value is -0.200. The largest absolute Gasteiger partial charge is 0.393 e. The molecule has 43 heavy (non-hydrogen) atoms. The third-order valence-electron chi connectivity index (χ3n) is 15.3. The highest BCUT2D eigenvalue weighted by molar-refractivity contribution is 5.19. The molecule has 0 heterocycles. The molecule has 0 amide bonds. The number of ether oxygens (including phenoxy) is 1. The standard InChI is InChI=1S/C38H68O5/c1-21(2)28-17-26(15-16-30(40)43-27-13-11-10-12-14-27)23(4)32-29(28)19-36(7)20-37(8)18-22(3)31(25(6)39)35(42)38(37,9)24(5)33(36)34(32)41/h21-35,39-42H,10-20H2,1-9H3. The fourth-order valence-corrected chi connectivity index (χ4v) is 13.2. The molecular weight excluding hydrogens is 536 g/mol. The van der Waals surface area contributed by atoms with Gasteiger partial charge in [0.1, 0.15) is 0 Å². The van der Waals surface area contributed by atoms with Crippen molar-refractivity contribution in [3.8, 4) is 0 Å². The smallest absolute Gasteiger partial charge is 0.154 e. The zero-order chi connectivity index (χ0) is 31.6. The van der Waals surface area contributed by atoms with E-state index in [1.54, 1.807) is 0 Å². The molecule has 16 atom stereocenters. The average molecular weight is 605 g/mol.